The maximum atomic E-state index is 13.4. The predicted molar refractivity (Wildman–Crippen MR) is 143 cm³/mol. The van der Waals surface area contributed by atoms with Gasteiger partial charge in [-0.25, -0.2) is 4.79 Å². The Morgan fingerprint density at radius 2 is 1.89 bits per heavy atom. The van der Waals surface area contributed by atoms with Crippen molar-refractivity contribution in [3.8, 4) is 5.75 Å². The lowest BCUT2D eigenvalue weighted by atomic mass is 9.88. The van der Waals surface area contributed by atoms with Gasteiger partial charge in [-0.05, 0) is 51.8 Å². The van der Waals surface area contributed by atoms with Crippen molar-refractivity contribution in [3.05, 3.63) is 23.8 Å². The normalized spacial score (nSPS) is 21.7. The smallest absolute Gasteiger partial charge is 0.317 e. The molecule has 3 N–H and O–H groups in total. The summed E-state index contributed by atoms with van der Waals surface area (Å²) >= 11 is 0. The molecular weight excluding hydrogens is 472 g/mol. The summed E-state index contributed by atoms with van der Waals surface area (Å²) in [6.07, 6.45) is 4.85. The maximum Gasteiger partial charge on any atom is 0.317 e. The number of hydrogen-bond acceptors (Lipinski definition) is 5. The Morgan fingerprint density at radius 3 is 2.54 bits per heavy atom. The fourth-order valence-electron chi connectivity index (χ4n) is 5.04. The molecule has 2 aliphatic rings. The van der Waals surface area contributed by atoms with E-state index in [1.54, 1.807) is 22.9 Å². The number of aliphatic hydroxyl groups excluding tert-OH is 1. The van der Waals surface area contributed by atoms with Crippen molar-refractivity contribution in [1.29, 1.82) is 0 Å². The van der Waals surface area contributed by atoms with E-state index in [0.717, 1.165) is 25.7 Å². The second-order valence-electron chi connectivity index (χ2n) is 11.0. The zero-order valence-electron chi connectivity index (χ0n) is 23.0. The molecule has 3 rings (SSSR count). The Morgan fingerprint density at radius 1 is 1.19 bits per heavy atom. The van der Waals surface area contributed by atoms with Crippen LogP contribution < -0.4 is 15.4 Å². The third kappa shape index (κ3) is 7.84. The monoisotopic (exact) mass is 516 g/mol. The van der Waals surface area contributed by atoms with E-state index in [4.69, 9.17) is 4.74 Å². The highest BCUT2D eigenvalue weighted by molar-refractivity contribution is 5.93. The SMILES string of the molecule is CC(C)NC(=O)N(C)C[C@@H]1Oc2ccc(NC(=O)C3CCCCC3)cc2CC(=O)N([C@H](C)CO)C[C@H]1C. The largest absolute Gasteiger partial charge is 0.488 e. The molecule has 37 heavy (non-hydrogen) atoms. The molecule has 1 aliphatic carbocycles. The van der Waals surface area contributed by atoms with Crippen LogP contribution >= 0.6 is 0 Å². The molecule has 1 aromatic rings. The molecule has 1 aliphatic heterocycles. The van der Waals surface area contributed by atoms with Gasteiger partial charge in [0.05, 0.1) is 25.6 Å². The first-order valence-electron chi connectivity index (χ1n) is 13.6. The summed E-state index contributed by atoms with van der Waals surface area (Å²) in [6, 6.07) is 4.90. The van der Waals surface area contributed by atoms with Crippen LogP contribution in [0.1, 0.15) is 65.4 Å². The minimum atomic E-state index is -0.386. The van der Waals surface area contributed by atoms with Gasteiger partial charge in [-0.1, -0.05) is 26.2 Å². The number of carbonyl (C=O) groups excluding carboxylic acids is 3. The number of carbonyl (C=O) groups is 3. The van der Waals surface area contributed by atoms with Crippen LogP contribution in [0.3, 0.4) is 0 Å². The van der Waals surface area contributed by atoms with Gasteiger partial charge in [-0.15, -0.1) is 0 Å². The molecule has 0 spiro atoms. The van der Waals surface area contributed by atoms with E-state index in [0.29, 0.717) is 30.1 Å². The first-order chi connectivity index (χ1) is 17.6. The number of rotatable bonds is 7. The Labute approximate surface area is 220 Å². The van der Waals surface area contributed by atoms with Crippen molar-refractivity contribution in [2.45, 2.75) is 84.4 Å². The Hall–Kier alpha value is -2.81. The number of likely N-dealkylation sites (N-methyl/N-ethyl adjacent to an activating group) is 1. The van der Waals surface area contributed by atoms with Crippen LogP contribution in [0.5, 0.6) is 5.75 Å². The van der Waals surface area contributed by atoms with Gasteiger partial charge in [0.25, 0.3) is 0 Å². The van der Waals surface area contributed by atoms with Crippen molar-refractivity contribution in [3.63, 3.8) is 0 Å². The van der Waals surface area contributed by atoms with E-state index in [-0.39, 0.29) is 60.9 Å². The lowest BCUT2D eigenvalue weighted by Gasteiger charge is -2.34. The standard InChI is InChI=1S/C28H44N4O5/c1-18(2)29-28(36)31(5)16-25-19(3)15-32(20(4)17-33)26(34)14-22-13-23(11-12-24(22)37-25)30-27(35)21-9-7-6-8-10-21/h11-13,18-21,25,33H,6-10,14-17H2,1-5H3,(H,29,36)(H,30,35)/t19-,20-,25+/m1/s1. The molecule has 206 valence electrons. The fourth-order valence-corrected chi connectivity index (χ4v) is 5.04. The van der Waals surface area contributed by atoms with Crippen molar-refractivity contribution in [1.82, 2.24) is 15.1 Å². The summed E-state index contributed by atoms with van der Waals surface area (Å²) in [5.41, 5.74) is 1.32. The molecule has 1 heterocycles. The number of fused-ring (bicyclic) bond motifs is 1. The topological polar surface area (TPSA) is 111 Å². The van der Waals surface area contributed by atoms with Gasteiger partial charge >= 0.3 is 6.03 Å². The third-order valence-electron chi connectivity index (χ3n) is 7.37. The molecule has 9 heteroatoms. The zero-order chi connectivity index (χ0) is 27.1. The van der Waals surface area contributed by atoms with Gasteiger partial charge in [0.15, 0.2) is 0 Å². The van der Waals surface area contributed by atoms with Crippen LogP contribution in [-0.4, -0.2) is 77.7 Å². The minimum Gasteiger partial charge on any atom is -0.488 e. The highest BCUT2D eigenvalue weighted by atomic mass is 16.5. The molecule has 0 bridgehead atoms. The summed E-state index contributed by atoms with van der Waals surface area (Å²) in [6.45, 7) is 8.20. The molecule has 4 amide bonds. The van der Waals surface area contributed by atoms with Gasteiger partial charge in [0, 0.05) is 42.7 Å². The first kappa shape index (κ1) is 28.8. The van der Waals surface area contributed by atoms with E-state index >= 15 is 0 Å². The van der Waals surface area contributed by atoms with E-state index in [1.165, 1.54) is 6.42 Å². The van der Waals surface area contributed by atoms with Crippen LogP contribution in [0.25, 0.3) is 0 Å². The number of anilines is 1. The lowest BCUT2D eigenvalue weighted by Crippen LogP contribution is -2.49. The van der Waals surface area contributed by atoms with Crippen molar-refractivity contribution in [2.24, 2.45) is 11.8 Å². The fraction of sp³-hybridized carbons (Fsp3) is 0.679. The van der Waals surface area contributed by atoms with Gasteiger partial charge in [0.2, 0.25) is 11.8 Å². The molecule has 3 atom stereocenters. The summed E-state index contributed by atoms with van der Waals surface area (Å²) in [5.74, 6) is 0.395. The molecule has 0 unspecified atom stereocenters. The number of urea groups is 1. The van der Waals surface area contributed by atoms with Gasteiger partial charge in [-0.3, -0.25) is 9.59 Å². The molecule has 1 fully saturated rings. The molecule has 0 aromatic heterocycles. The summed E-state index contributed by atoms with van der Waals surface area (Å²) < 4.78 is 6.47. The number of nitrogens with zero attached hydrogens (tertiary/aromatic N) is 2. The second-order valence-corrected chi connectivity index (χ2v) is 11.0. The Bertz CT molecular complexity index is 947. The number of hydrogen-bond donors (Lipinski definition) is 3. The van der Waals surface area contributed by atoms with Crippen LogP contribution in [0.4, 0.5) is 10.5 Å². The van der Waals surface area contributed by atoms with E-state index < -0.39 is 0 Å². The molecule has 0 saturated heterocycles. The average molecular weight is 517 g/mol. The molecule has 9 nitrogen and oxygen atoms in total. The van der Waals surface area contributed by atoms with Crippen LogP contribution in [-0.2, 0) is 16.0 Å². The number of ether oxygens (including phenoxy) is 1. The maximum absolute atomic E-state index is 13.4. The zero-order valence-corrected chi connectivity index (χ0v) is 23.0. The van der Waals surface area contributed by atoms with E-state index in [2.05, 4.69) is 10.6 Å². The highest BCUT2D eigenvalue weighted by Gasteiger charge is 2.32. The second kappa shape index (κ2) is 13.1. The predicted octanol–water partition coefficient (Wildman–Crippen LogP) is 3.40. The lowest BCUT2D eigenvalue weighted by molar-refractivity contribution is -0.134. The molecule has 1 aromatic carbocycles. The summed E-state index contributed by atoms with van der Waals surface area (Å²) in [7, 11) is 1.73. The van der Waals surface area contributed by atoms with E-state index in [1.807, 2.05) is 39.8 Å². The molecule has 1 saturated carbocycles. The van der Waals surface area contributed by atoms with Gasteiger partial charge in [-0.2, -0.15) is 0 Å². The van der Waals surface area contributed by atoms with Crippen LogP contribution in [0.2, 0.25) is 0 Å². The Balaban J connectivity index is 1.87. The Kier molecular flexibility index (Phi) is 10.2. The van der Waals surface area contributed by atoms with E-state index in [9.17, 15) is 19.5 Å². The van der Waals surface area contributed by atoms with Crippen LogP contribution in [0.15, 0.2) is 18.2 Å². The van der Waals surface area contributed by atoms with Crippen LogP contribution in [0, 0.1) is 11.8 Å². The number of aliphatic hydroxyl groups is 1. The number of benzene rings is 1. The number of nitrogens with one attached hydrogen (secondary N) is 2. The summed E-state index contributed by atoms with van der Waals surface area (Å²) in [5, 5.41) is 15.8. The first-order valence-corrected chi connectivity index (χ1v) is 13.6. The molecular formula is C28H44N4O5. The summed E-state index contributed by atoms with van der Waals surface area (Å²) in [4.78, 5) is 42.1. The van der Waals surface area contributed by atoms with Crippen molar-refractivity contribution in [2.75, 3.05) is 32.1 Å². The van der Waals surface area contributed by atoms with Crippen molar-refractivity contribution < 1.29 is 24.2 Å². The minimum absolute atomic E-state index is 0.00955. The third-order valence-corrected chi connectivity index (χ3v) is 7.37. The van der Waals surface area contributed by atoms with Gasteiger partial charge < -0.3 is 30.3 Å². The quantitative estimate of drug-likeness (QED) is 0.514. The van der Waals surface area contributed by atoms with Crippen molar-refractivity contribution >= 4 is 23.5 Å². The highest BCUT2D eigenvalue weighted by Crippen LogP contribution is 2.30. The van der Waals surface area contributed by atoms with Gasteiger partial charge in [0.1, 0.15) is 11.9 Å². The number of amides is 4. The molecule has 0 radical (unpaired) electrons. The average Bonchev–Trinajstić information content (AvgIpc) is 2.91.